The Balaban J connectivity index is 1.79. The van der Waals surface area contributed by atoms with Crippen molar-refractivity contribution in [1.82, 2.24) is 9.66 Å². The van der Waals surface area contributed by atoms with Crippen molar-refractivity contribution in [2.75, 3.05) is 0 Å². The Labute approximate surface area is 220 Å². The van der Waals surface area contributed by atoms with Crippen LogP contribution in [0.4, 0.5) is 5.69 Å². The quantitative estimate of drug-likeness (QED) is 0.134. The van der Waals surface area contributed by atoms with Crippen LogP contribution in [0.5, 0.6) is 5.75 Å². The molecule has 0 aliphatic rings. The Hall–Kier alpha value is -3.56. The second-order valence-electron chi connectivity index (χ2n) is 8.17. The number of halogens is 2. The first kappa shape index (κ1) is 25.5. The Kier molecular flexibility index (Phi) is 7.81. The van der Waals surface area contributed by atoms with Crippen LogP contribution in [0, 0.1) is 10.1 Å². The molecule has 0 bridgehead atoms. The van der Waals surface area contributed by atoms with Gasteiger partial charge in [0.15, 0.2) is 0 Å². The first-order chi connectivity index (χ1) is 17.3. The smallest absolute Gasteiger partial charge is 0.311 e. The van der Waals surface area contributed by atoms with Gasteiger partial charge in [0.2, 0.25) is 5.75 Å². The highest BCUT2D eigenvalue weighted by Gasteiger charge is 2.20. The van der Waals surface area contributed by atoms with Crippen LogP contribution < -0.4 is 10.3 Å². The monoisotopic (exact) mass is 568 g/mol. The molecule has 8 nitrogen and oxygen atoms in total. The van der Waals surface area contributed by atoms with Crippen LogP contribution in [-0.2, 0) is 6.61 Å². The molecule has 0 N–H and O–H groups in total. The van der Waals surface area contributed by atoms with Crippen molar-refractivity contribution in [3.63, 3.8) is 0 Å². The third kappa shape index (κ3) is 5.47. The van der Waals surface area contributed by atoms with E-state index in [9.17, 15) is 14.9 Å². The fourth-order valence-electron chi connectivity index (χ4n) is 3.58. The lowest BCUT2D eigenvalue weighted by Gasteiger charge is -2.14. The van der Waals surface area contributed by atoms with Crippen molar-refractivity contribution in [2.45, 2.75) is 32.8 Å². The van der Waals surface area contributed by atoms with E-state index in [-0.39, 0.29) is 29.5 Å². The Morgan fingerprint density at radius 1 is 1.22 bits per heavy atom. The van der Waals surface area contributed by atoms with Gasteiger partial charge in [0.05, 0.1) is 22.0 Å². The van der Waals surface area contributed by atoms with Gasteiger partial charge in [0.25, 0.3) is 5.56 Å². The summed E-state index contributed by atoms with van der Waals surface area (Å²) in [5.41, 5.74) is 1.19. The summed E-state index contributed by atoms with van der Waals surface area (Å²) in [6.45, 7) is 4.05. The van der Waals surface area contributed by atoms with E-state index in [1.54, 1.807) is 48.5 Å². The molecule has 4 rings (SSSR count). The average molecular weight is 570 g/mol. The molecule has 0 radical (unpaired) electrons. The van der Waals surface area contributed by atoms with Crippen LogP contribution in [0.3, 0.4) is 0 Å². The summed E-state index contributed by atoms with van der Waals surface area (Å²) in [6.07, 6.45) is 2.14. The maximum atomic E-state index is 13.4. The molecule has 0 saturated carbocycles. The largest absolute Gasteiger partial charge is 0.481 e. The van der Waals surface area contributed by atoms with Gasteiger partial charge in [-0.2, -0.15) is 9.78 Å². The zero-order chi connectivity index (χ0) is 25.8. The number of nitro benzene ring substituents is 1. The van der Waals surface area contributed by atoms with Gasteiger partial charge in [-0.3, -0.25) is 14.9 Å². The van der Waals surface area contributed by atoms with Gasteiger partial charge in [-0.1, -0.05) is 59.6 Å². The van der Waals surface area contributed by atoms with Gasteiger partial charge in [-0.25, -0.2) is 4.98 Å². The Morgan fingerprint density at radius 3 is 2.67 bits per heavy atom. The number of rotatable bonds is 8. The molecule has 0 aliphatic carbocycles. The number of hydrogen-bond donors (Lipinski definition) is 0. The summed E-state index contributed by atoms with van der Waals surface area (Å²) < 4.78 is 7.88. The summed E-state index contributed by atoms with van der Waals surface area (Å²) in [5.74, 6) is 0.507. The molecular weight excluding hydrogens is 548 g/mol. The maximum absolute atomic E-state index is 13.4. The van der Waals surface area contributed by atoms with Crippen molar-refractivity contribution in [3.8, 4) is 5.75 Å². The molecule has 184 valence electrons. The second-order valence-corrected chi connectivity index (χ2v) is 9.52. The minimum Gasteiger partial charge on any atom is -0.481 e. The first-order valence-electron chi connectivity index (χ1n) is 11.2. The van der Waals surface area contributed by atoms with E-state index < -0.39 is 4.92 Å². The zero-order valence-electron chi connectivity index (χ0n) is 19.5. The minimum atomic E-state index is -0.513. The first-order valence-corrected chi connectivity index (χ1v) is 12.4. The molecule has 0 saturated heterocycles. The summed E-state index contributed by atoms with van der Waals surface area (Å²) in [7, 11) is 0. The Bertz CT molecular complexity index is 1520. The fourth-order valence-corrected chi connectivity index (χ4v) is 4.07. The Morgan fingerprint density at radius 2 is 1.97 bits per heavy atom. The molecule has 36 heavy (non-hydrogen) atoms. The van der Waals surface area contributed by atoms with Gasteiger partial charge < -0.3 is 4.74 Å². The predicted molar refractivity (Wildman–Crippen MR) is 144 cm³/mol. The molecule has 10 heteroatoms. The number of ether oxygens (including phenoxy) is 1. The third-order valence-electron chi connectivity index (χ3n) is 5.72. The number of para-hydroxylation sites is 1. The van der Waals surface area contributed by atoms with Crippen LogP contribution in [0.2, 0.25) is 5.02 Å². The van der Waals surface area contributed by atoms with Crippen LogP contribution in [-0.4, -0.2) is 20.8 Å². The molecule has 0 unspecified atom stereocenters. The van der Waals surface area contributed by atoms with E-state index in [2.05, 4.69) is 26.0 Å². The molecule has 3 aromatic carbocycles. The molecular formula is C26H22BrClN4O4. The van der Waals surface area contributed by atoms with Gasteiger partial charge in [-0.05, 0) is 48.4 Å². The van der Waals surface area contributed by atoms with Crippen molar-refractivity contribution < 1.29 is 9.66 Å². The van der Waals surface area contributed by atoms with E-state index in [1.807, 2.05) is 19.9 Å². The standard InChI is InChI=1S/C26H22BrClN4O4/c1-3-16(2)25-30-22-12-9-19(27)13-21(22)26(33)31(25)29-14-18-5-4-6-23(32(34)35)24(18)36-15-17-7-10-20(28)11-8-17/h4-14,16H,3,15H2,1-2H3/t16-/m1/s1. The molecule has 1 aromatic heterocycles. The zero-order valence-corrected chi connectivity index (χ0v) is 21.9. The van der Waals surface area contributed by atoms with Crippen LogP contribution in [0.15, 0.2) is 75.0 Å². The van der Waals surface area contributed by atoms with Crippen molar-refractivity contribution in [2.24, 2.45) is 5.10 Å². The molecule has 0 spiro atoms. The summed E-state index contributed by atoms with van der Waals surface area (Å²) in [4.78, 5) is 29.3. The molecule has 4 aromatic rings. The summed E-state index contributed by atoms with van der Waals surface area (Å²) >= 11 is 9.34. The van der Waals surface area contributed by atoms with E-state index in [1.165, 1.54) is 17.0 Å². The van der Waals surface area contributed by atoms with Crippen molar-refractivity contribution >= 4 is 50.3 Å². The SMILES string of the molecule is CC[C@@H](C)c1nc2ccc(Br)cc2c(=O)n1N=Cc1cccc([N+](=O)[O-])c1OCc1ccc(Cl)cc1. The lowest BCUT2D eigenvalue weighted by atomic mass is 10.1. The van der Waals surface area contributed by atoms with E-state index in [0.717, 1.165) is 16.5 Å². The van der Waals surface area contributed by atoms with Crippen LogP contribution in [0.25, 0.3) is 10.9 Å². The maximum Gasteiger partial charge on any atom is 0.311 e. The highest BCUT2D eigenvalue weighted by molar-refractivity contribution is 9.10. The average Bonchev–Trinajstić information content (AvgIpc) is 2.87. The van der Waals surface area contributed by atoms with E-state index >= 15 is 0 Å². The highest BCUT2D eigenvalue weighted by atomic mass is 79.9. The molecule has 0 aliphatic heterocycles. The summed E-state index contributed by atoms with van der Waals surface area (Å²) in [5, 5.41) is 17.1. The summed E-state index contributed by atoms with van der Waals surface area (Å²) in [6, 6.07) is 16.9. The number of nitrogens with zero attached hydrogens (tertiary/aromatic N) is 4. The van der Waals surface area contributed by atoms with E-state index in [4.69, 9.17) is 16.3 Å². The van der Waals surface area contributed by atoms with Crippen LogP contribution in [0.1, 0.15) is 43.1 Å². The predicted octanol–water partition coefficient (Wildman–Crippen LogP) is 6.70. The van der Waals surface area contributed by atoms with Crippen molar-refractivity contribution in [3.05, 3.63) is 108 Å². The second kappa shape index (κ2) is 11.0. The van der Waals surface area contributed by atoms with Gasteiger partial charge in [0, 0.05) is 27.0 Å². The fraction of sp³-hybridized carbons (Fsp3) is 0.192. The lowest BCUT2D eigenvalue weighted by molar-refractivity contribution is -0.385. The third-order valence-corrected chi connectivity index (χ3v) is 6.46. The minimum absolute atomic E-state index is 0.0476. The highest BCUT2D eigenvalue weighted by Crippen LogP contribution is 2.31. The number of hydrogen-bond acceptors (Lipinski definition) is 6. The molecule has 0 amide bonds. The molecule has 1 atom stereocenters. The van der Waals surface area contributed by atoms with Crippen LogP contribution >= 0.6 is 27.5 Å². The van der Waals surface area contributed by atoms with Crippen molar-refractivity contribution in [1.29, 1.82) is 0 Å². The number of nitro groups is 1. The van der Waals surface area contributed by atoms with Gasteiger partial charge >= 0.3 is 5.69 Å². The number of benzene rings is 3. The molecule has 0 fully saturated rings. The number of fused-ring (bicyclic) bond motifs is 1. The topological polar surface area (TPSA) is 99.6 Å². The normalized spacial score (nSPS) is 12.2. The number of aromatic nitrogens is 2. The lowest BCUT2D eigenvalue weighted by Crippen LogP contribution is -2.23. The van der Waals surface area contributed by atoms with Gasteiger partial charge in [-0.15, -0.1) is 0 Å². The molecule has 1 heterocycles. The van der Waals surface area contributed by atoms with Gasteiger partial charge in [0.1, 0.15) is 12.4 Å². The van der Waals surface area contributed by atoms with E-state index in [0.29, 0.717) is 27.3 Å².